The summed E-state index contributed by atoms with van der Waals surface area (Å²) in [4.78, 5) is 15.4. The molecule has 0 radical (unpaired) electrons. The van der Waals surface area contributed by atoms with Crippen LogP contribution in [-0.4, -0.2) is 15.0 Å². The SMILES string of the molecule is Cc1cnc(-c2ccccc2-c2cccc3c2-c2cc(-c4cc(-c5ccccc5)nc(-c5ccccc5)n4)ccc2C32c3ccccc3-c3ccccc32)c(C)c1. The summed E-state index contributed by atoms with van der Waals surface area (Å²) < 4.78 is 0. The predicted molar refractivity (Wildman–Crippen MR) is 233 cm³/mol. The number of benzene rings is 7. The van der Waals surface area contributed by atoms with Crippen molar-refractivity contribution < 1.29 is 0 Å². The number of aryl methyl sites for hydroxylation is 2. The lowest BCUT2D eigenvalue weighted by atomic mass is 9.70. The number of pyridine rings is 1. The summed E-state index contributed by atoms with van der Waals surface area (Å²) in [6.07, 6.45) is 1.98. The lowest BCUT2D eigenvalue weighted by Gasteiger charge is -2.30. The van der Waals surface area contributed by atoms with Crippen molar-refractivity contribution in [3.05, 3.63) is 222 Å². The molecule has 57 heavy (non-hydrogen) atoms. The van der Waals surface area contributed by atoms with E-state index in [-0.39, 0.29) is 0 Å². The summed E-state index contributed by atoms with van der Waals surface area (Å²) in [5.74, 6) is 0.707. The Kier molecular flexibility index (Phi) is 7.52. The van der Waals surface area contributed by atoms with Gasteiger partial charge in [0.05, 0.1) is 22.5 Å². The van der Waals surface area contributed by atoms with Crippen LogP contribution in [0.25, 0.3) is 78.5 Å². The molecule has 2 aromatic heterocycles. The lowest BCUT2D eigenvalue weighted by molar-refractivity contribution is 0.794. The average Bonchev–Trinajstić information content (AvgIpc) is 3.74. The molecule has 9 aromatic rings. The first-order valence-electron chi connectivity index (χ1n) is 19.6. The second-order valence-electron chi connectivity index (χ2n) is 15.2. The molecule has 3 nitrogen and oxygen atoms in total. The molecule has 0 saturated heterocycles. The zero-order chi connectivity index (χ0) is 38.1. The van der Waals surface area contributed by atoms with Gasteiger partial charge in [0.15, 0.2) is 5.82 Å². The molecule has 0 saturated carbocycles. The summed E-state index contributed by atoms with van der Waals surface area (Å²) in [5.41, 5.74) is 21.5. The molecule has 268 valence electrons. The third kappa shape index (κ3) is 5.02. The molecule has 0 aliphatic heterocycles. The molecule has 0 unspecified atom stereocenters. The van der Waals surface area contributed by atoms with E-state index in [1.54, 1.807) is 0 Å². The van der Waals surface area contributed by atoms with Crippen molar-refractivity contribution in [2.24, 2.45) is 0 Å². The molecule has 0 atom stereocenters. The molecule has 7 aromatic carbocycles. The van der Waals surface area contributed by atoms with Crippen LogP contribution >= 0.6 is 0 Å². The van der Waals surface area contributed by atoms with Crippen LogP contribution in [0.5, 0.6) is 0 Å². The van der Waals surface area contributed by atoms with Gasteiger partial charge in [0.25, 0.3) is 0 Å². The fraction of sp³-hybridized carbons (Fsp3) is 0.0556. The molecule has 3 heteroatoms. The van der Waals surface area contributed by atoms with Crippen molar-refractivity contribution in [3.8, 4) is 78.5 Å². The molecule has 0 bridgehead atoms. The van der Waals surface area contributed by atoms with E-state index in [1.807, 2.05) is 30.5 Å². The van der Waals surface area contributed by atoms with Crippen LogP contribution in [0.4, 0.5) is 0 Å². The molecule has 0 N–H and O–H groups in total. The van der Waals surface area contributed by atoms with Gasteiger partial charge in [0, 0.05) is 28.5 Å². The first kappa shape index (κ1) is 33.1. The van der Waals surface area contributed by atoms with E-state index >= 15 is 0 Å². The Labute approximate surface area is 333 Å². The monoisotopic (exact) mass is 727 g/mol. The molecular weight excluding hydrogens is 691 g/mol. The maximum absolute atomic E-state index is 5.27. The number of rotatable bonds is 5. The van der Waals surface area contributed by atoms with Crippen LogP contribution in [-0.2, 0) is 5.41 Å². The molecule has 2 aliphatic rings. The number of fused-ring (bicyclic) bond motifs is 10. The largest absolute Gasteiger partial charge is 0.256 e. The highest BCUT2D eigenvalue weighted by Gasteiger charge is 2.52. The minimum Gasteiger partial charge on any atom is -0.256 e. The first-order valence-corrected chi connectivity index (χ1v) is 19.6. The molecule has 2 heterocycles. The maximum Gasteiger partial charge on any atom is 0.160 e. The van der Waals surface area contributed by atoms with Gasteiger partial charge >= 0.3 is 0 Å². The molecule has 1 spiro atoms. The van der Waals surface area contributed by atoms with Gasteiger partial charge in [-0.15, -0.1) is 0 Å². The second-order valence-corrected chi connectivity index (χ2v) is 15.2. The van der Waals surface area contributed by atoms with Crippen LogP contribution in [0.1, 0.15) is 33.4 Å². The molecule has 0 fully saturated rings. The quantitative estimate of drug-likeness (QED) is 0.177. The summed E-state index contributed by atoms with van der Waals surface area (Å²) >= 11 is 0. The maximum atomic E-state index is 5.27. The highest BCUT2D eigenvalue weighted by Crippen LogP contribution is 2.64. The fourth-order valence-corrected chi connectivity index (χ4v) is 9.57. The Morgan fingerprint density at radius 2 is 0.930 bits per heavy atom. The first-order chi connectivity index (χ1) is 28.1. The molecule has 2 aliphatic carbocycles. The van der Waals surface area contributed by atoms with E-state index in [0.29, 0.717) is 5.82 Å². The average molecular weight is 728 g/mol. The van der Waals surface area contributed by atoms with Crippen molar-refractivity contribution in [2.75, 3.05) is 0 Å². The normalized spacial score (nSPS) is 12.9. The molecule has 11 rings (SSSR count). The van der Waals surface area contributed by atoms with Gasteiger partial charge in [0.2, 0.25) is 0 Å². The topological polar surface area (TPSA) is 38.7 Å². The van der Waals surface area contributed by atoms with Crippen molar-refractivity contribution >= 4 is 0 Å². The van der Waals surface area contributed by atoms with Crippen LogP contribution in [0.15, 0.2) is 188 Å². The summed E-state index contributed by atoms with van der Waals surface area (Å²) in [6.45, 7) is 4.27. The van der Waals surface area contributed by atoms with E-state index in [0.717, 1.165) is 44.9 Å². The Balaban J connectivity index is 1.21. The van der Waals surface area contributed by atoms with E-state index in [9.17, 15) is 0 Å². The van der Waals surface area contributed by atoms with Gasteiger partial charge < -0.3 is 0 Å². The Bertz CT molecular complexity index is 2930. The van der Waals surface area contributed by atoms with Crippen molar-refractivity contribution in [2.45, 2.75) is 19.3 Å². The summed E-state index contributed by atoms with van der Waals surface area (Å²) in [5, 5.41) is 0. The van der Waals surface area contributed by atoms with Gasteiger partial charge in [-0.1, -0.05) is 170 Å². The molecular formula is C54H37N3. The zero-order valence-corrected chi connectivity index (χ0v) is 31.7. The van der Waals surface area contributed by atoms with Crippen LogP contribution in [0, 0.1) is 13.8 Å². The van der Waals surface area contributed by atoms with E-state index in [1.165, 1.54) is 61.2 Å². The smallest absolute Gasteiger partial charge is 0.160 e. The number of aromatic nitrogens is 3. The summed E-state index contributed by atoms with van der Waals surface area (Å²) in [6, 6.07) is 65.8. The third-order valence-corrected chi connectivity index (χ3v) is 11.9. The third-order valence-electron chi connectivity index (χ3n) is 11.9. The van der Waals surface area contributed by atoms with Crippen LogP contribution in [0.2, 0.25) is 0 Å². The van der Waals surface area contributed by atoms with Gasteiger partial charge in [-0.25, -0.2) is 9.97 Å². The Hall–Kier alpha value is -7.23. The van der Waals surface area contributed by atoms with Crippen molar-refractivity contribution in [1.29, 1.82) is 0 Å². The van der Waals surface area contributed by atoms with Gasteiger partial charge in [-0.2, -0.15) is 0 Å². The number of hydrogen-bond donors (Lipinski definition) is 0. The van der Waals surface area contributed by atoms with E-state index in [4.69, 9.17) is 15.0 Å². The number of nitrogens with zero attached hydrogens (tertiary/aromatic N) is 3. The van der Waals surface area contributed by atoms with Gasteiger partial charge in [-0.05, 0) is 92.7 Å². The minimum absolute atomic E-state index is 0.491. The second kappa shape index (κ2) is 12.9. The zero-order valence-electron chi connectivity index (χ0n) is 31.7. The Morgan fingerprint density at radius 1 is 0.386 bits per heavy atom. The van der Waals surface area contributed by atoms with Crippen molar-refractivity contribution in [3.63, 3.8) is 0 Å². The summed E-state index contributed by atoms with van der Waals surface area (Å²) in [7, 11) is 0. The lowest BCUT2D eigenvalue weighted by Crippen LogP contribution is -2.25. The van der Waals surface area contributed by atoms with Gasteiger partial charge in [0.1, 0.15) is 0 Å². The standard InChI is InChI=1S/C54H37N3/c1-34-30-35(2)52(55-33-34)43-23-10-9-20-39(43)42-24-15-27-48-51(42)44-31-38(28-29-47(44)54(48)45-25-13-11-21-40(45)41-22-12-14-26-46(41)54)50-32-49(36-16-5-3-6-17-36)56-53(57-50)37-18-7-4-8-19-37/h3-33H,1-2H3. The minimum atomic E-state index is -0.491. The predicted octanol–water partition coefficient (Wildman–Crippen LogP) is 13.2. The highest BCUT2D eigenvalue weighted by atomic mass is 14.9. The van der Waals surface area contributed by atoms with Crippen LogP contribution in [0.3, 0.4) is 0 Å². The fourth-order valence-electron chi connectivity index (χ4n) is 9.57. The molecule has 0 amide bonds. The Morgan fingerprint density at radius 3 is 1.61 bits per heavy atom. The van der Waals surface area contributed by atoms with Crippen molar-refractivity contribution in [1.82, 2.24) is 15.0 Å². The van der Waals surface area contributed by atoms with E-state index < -0.39 is 5.41 Å². The van der Waals surface area contributed by atoms with Crippen LogP contribution < -0.4 is 0 Å². The van der Waals surface area contributed by atoms with E-state index in [2.05, 4.69) is 172 Å². The highest BCUT2D eigenvalue weighted by molar-refractivity contribution is 6.02. The number of hydrogen-bond acceptors (Lipinski definition) is 3. The van der Waals surface area contributed by atoms with Gasteiger partial charge in [-0.3, -0.25) is 4.98 Å².